The maximum Gasteiger partial charge on any atom is 0.140 e. The first-order chi connectivity index (χ1) is 9.30. The third-order valence-corrected chi connectivity index (χ3v) is 4.06. The van der Waals surface area contributed by atoms with Gasteiger partial charge in [0.05, 0.1) is 12.8 Å². The topological polar surface area (TPSA) is 29.8 Å². The van der Waals surface area contributed by atoms with Gasteiger partial charge in [-0.3, -0.25) is 0 Å². The first-order valence-corrected chi connectivity index (χ1v) is 7.05. The molecule has 2 aromatic rings. The summed E-state index contributed by atoms with van der Waals surface area (Å²) in [6, 6.07) is 3.96. The lowest BCUT2D eigenvalue weighted by Crippen LogP contribution is -2.34. The number of ether oxygens (including phenoxy) is 1. The molecular formula is C15H21N3O. The van der Waals surface area contributed by atoms with Crippen LogP contribution < -0.4 is 4.74 Å². The quantitative estimate of drug-likeness (QED) is 0.848. The first kappa shape index (κ1) is 12.5. The zero-order chi connectivity index (χ0) is 13.2. The Morgan fingerprint density at radius 3 is 3.16 bits per heavy atom. The van der Waals surface area contributed by atoms with E-state index in [1.54, 1.807) is 7.11 Å². The van der Waals surface area contributed by atoms with Crippen LogP contribution in [0.15, 0.2) is 24.5 Å². The lowest BCUT2D eigenvalue weighted by Gasteiger charge is -2.30. The van der Waals surface area contributed by atoms with Crippen molar-refractivity contribution in [2.75, 3.05) is 26.7 Å². The van der Waals surface area contributed by atoms with Crippen LogP contribution in [0.5, 0.6) is 5.75 Å². The first-order valence-electron chi connectivity index (χ1n) is 7.05. The Balaban J connectivity index is 1.88. The molecular weight excluding hydrogens is 238 g/mol. The number of pyridine rings is 1. The fourth-order valence-electron chi connectivity index (χ4n) is 2.89. The van der Waals surface area contributed by atoms with Crippen LogP contribution in [0.4, 0.5) is 0 Å². The number of rotatable bonds is 3. The zero-order valence-electron chi connectivity index (χ0n) is 11.7. The van der Waals surface area contributed by atoms with Crippen molar-refractivity contribution < 1.29 is 4.74 Å². The summed E-state index contributed by atoms with van der Waals surface area (Å²) >= 11 is 0. The Labute approximate surface area is 114 Å². The van der Waals surface area contributed by atoms with Gasteiger partial charge in [0.2, 0.25) is 0 Å². The minimum absolute atomic E-state index is 0.569. The molecule has 0 spiro atoms. The van der Waals surface area contributed by atoms with E-state index < -0.39 is 0 Å². The molecule has 0 radical (unpaired) electrons. The number of piperidine rings is 1. The summed E-state index contributed by atoms with van der Waals surface area (Å²) in [5.41, 5.74) is 2.19. The van der Waals surface area contributed by atoms with Gasteiger partial charge < -0.3 is 14.0 Å². The predicted molar refractivity (Wildman–Crippen MR) is 75.8 cm³/mol. The normalized spacial score (nSPS) is 20.8. The molecule has 1 aliphatic rings. The van der Waals surface area contributed by atoms with Gasteiger partial charge in [0.1, 0.15) is 11.4 Å². The average Bonchev–Trinajstić information content (AvgIpc) is 2.90. The van der Waals surface area contributed by atoms with Crippen LogP contribution in [0, 0.1) is 0 Å². The maximum absolute atomic E-state index is 5.25. The smallest absolute Gasteiger partial charge is 0.140 e. The van der Waals surface area contributed by atoms with Gasteiger partial charge in [-0.2, -0.15) is 0 Å². The number of nitrogens with zero attached hydrogens (tertiary/aromatic N) is 3. The summed E-state index contributed by atoms with van der Waals surface area (Å²) in [5.74, 6) is 1.43. The molecule has 0 saturated carbocycles. The minimum atomic E-state index is 0.569. The fraction of sp³-hybridized carbons (Fsp3) is 0.533. The van der Waals surface area contributed by atoms with Gasteiger partial charge in [-0.05, 0) is 32.0 Å². The van der Waals surface area contributed by atoms with Gasteiger partial charge in [-0.25, -0.2) is 4.98 Å². The molecule has 0 aromatic carbocycles. The Hall–Kier alpha value is -1.55. The Morgan fingerprint density at radius 2 is 2.37 bits per heavy atom. The summed E-state index contributed by atoms with van der Waals surface area (Å²) < 4.78 is 7.34. The van der Waals surface area contributed by atoms with Crippen molar-refractivity contribution in [3.8, 4) is 5.75 Å². The van der Waals surface area contributed by atoms with E-state index in [9.17, 15) is 0 Å². The highest BCUT2D eigenvalue weighted by Crippen LogP contribution is 2.27. The lowest BCUT2D eigenvalue weighted by atomic mass is 9.95. The number of methoxy groups -OCH3 is 1. The lowest BCUT2D eigenvalue weighted by molar-refractivity contribution is 0.216. The number of aromatic nitrogens is 2. The third-order valence-electron chi connectivity index (χ3n) is 4.06. The second-order valence-corrected chi connectivity index (χ2v) is 5.23. The molecule has 3 heterocycles. The zero-order valence-corrected chi connectivity index (χ0v) is 11.7. The van der Waals surface area contributed by atoms with E-state index >= 15 is 0 Å². The van der Waals surface area contributed by atoms with E-state index in [0.29, 0.717) is 5.92 Å². The molecule has 1 fully saturated rings. The molecule has 1 saturated heterocycles. The van der Waals surface area contributed by atoms with Crippen LogP contribution in [0.2, 0.25) is 0 Å². The van der Waals surface area contributed by atoms with Gasteiger partial charge >= 0.3 is 0 Å². The number of fused-ring (bicyclic) bond motifs is 1. The van der Waals surface area contributed by atoms with Crippen molar-refractivity contribution in [1.82, 2.24) is 14.3 Å². The molecule has 102 valence electrons. The average molecular weight is 259 g/mol. The van der Waals surface area contributed by atoms with Gasteiger partial charge in [0, 0.05) is 30.9 Å². The summed E-state index contributed by atoms with van der Waals surface area (Å²) in [4.78, 5) is 7.28. The highest BCUT2D eigenvalue weighted by atomic mass is 16.5. The van der Waals surface area contributed by atoms with E-state index in [4.69, 9.17) is 9.72 Å². The monoisotopic (exact) mass is 259 g/mol. The molecule has 1 aliphatic heterocycles. The van der Waals surface area contributed by atoms with Crippen molar-refractivity contribution in [1.29, 1.82) is 0 Å². The van der Waals surface area contributed by atoms with Gasteiger partial charge in [0.15, 0.2) is 0 Å². The Bertz CT molecular complexity index is 564. The number of imidazole rings is 1. The second-order valence-electron chi connectivity index (χ2n) is 5.23. The van der Waals surface area contributed by atoms with Gasteiger partial charge in [-0.1, -0.05) is 6.92 Å². The van der Waals surface area contributed by atoms with E-state index in [1.807, 2.05) is 18.3 Å². The van der Waals surface area contributed by atoms with Crippen molar-refractivity contribution in [2.24, 2.45) is 0 Å². The minimum Gasteiger partial charge on any atom is -0.497 e. The fourth-order valence-corrected chi connectivity index (χ4v) is 2.89. The Morgan fingerprint density at radius 1 is 1.47 bits per heavy atom. The number of likely N-dealkylation sites (tertiary alicyclic amines) is 1. The molecule has 1 atom stereocenters. The van der Waals surface area contributed by atoms with Crippen LogP contribution in [-0.4, -0.2) is 41.0 Å². The van der Waals surface area contributed by atoms with Crippen LogP contribution in [0.25, 0.3) is 5.65 Å². The molecule has 2 aromatic heterocycles. The largest absolute Gasteiger partial charge is 0.497 e. The van der Waals surface area contributed by atoms with Crippen molar-refractivity contribution in [2.45, 2.75) is 25.7 Å². The molecule has 0 bridgehead atoms. The number of hydrogen-bond acceptors (Lipinski definition) is 3. The number of likely N-dealkylation sites (N-methyl/N-ethyl adjacent to an activating group) is 1. The molecule has 0 amide bonds. The van der Waals surface area contributed by atoms with Gasteiger partial charge in [-0.15, -0.1) is 0 Å². The van der Waals surface area contributed by atoms with E-state index in [-0.39, 0.29) is 0 Å². The summed E-state index contributed by atoms with van der Waals surface area (Å²) in [7, 11) is 1.69. The van der Waals surface area contributed by atoms with Crippen LogP contribution >= 0.6 is 0 Å². The van der Waals surface area contributed by atoms with Gasteiger partial charge in [0.25, 0.3) is 0 Å². The van der Waals surface area contributed by atoms with E-state index in [2.05, 4.69) is 22.4 Å². The standard InChI is InChI=1S/C15H21N3O/c1-3-17-7-4-5-12(10-17)14-11-18-8-6-13(19-2)9-15(18)16-14/h6,8-9,11-12H,3-5,7,10H2,1-2H3. The molecule has 0 aliphatic carbocycles. The van der Waals surface area contributed by atoms with Crippen molar-refractivity contribution in [3.05, 3.63) is 30.2 Å². The highest BCUT2D eigenvalue weighted by Gasteiger charge is 2.22. The van der Waals surface area contributed by atoms with Crippen LogP contribution in [-0.2, 0) is 0 Å². The molecule has 0 N–H and O–H groups in total. The maximum atomic E-state index is 5.25. The number of hydrogen-bond donors (Lipinski definition) is 0. The van der Waals surface area contributed by atoms with Crippen LogP contribution in [0.1, 0.15) is 31.4 Å². The van der Waals surface area contributed by atoms with E-state index in [0.717, 1.165) is 24.5 Å². The Kier molecular flexibility index (Phi) is 3.42. The molecule has 1 unspecified atom stereocenters. The predicted octanol–water partition coefficient (Wildman–Crippen LogP) is 2.54. The molecule has 4 heteroatoms. The third kappa shape index (κ3) is 2.45. The van der Waals surface area contributed by atoms with E-state index in [1.165, 1.54) is 25.1 Å². The van der Waals surface area contributed by atoms with Crippen molar-refractivity contribution in [3.63, 3.8) is 0 Å². The molecule has 4 nitrogen and oxygen atoms in total. The van der Waals surface area contributed by atoms with Crippen molar-refractivity contribution >= 4 is 5.65 Å². The van der Waals surface area contributed by atoms with Crippen LogP contribution in [0.3, 0.4) is 0 Å². The highest BCUT2D eigenvalue weighted by molar-refractivity contribution is 5.46. The molecule has 19 heavy (non-hydrogen) atoms. The SMILES string of the molecule is CCN1CCCC(c2cn3ccc(OC)cc3n2)C1. The summed E-state index contributed by atoms with van der Waals surface area (Å²) in [6.07, 6.45) is 6.71. The second kappa shape index (κ2) is 5.21. The molecule has 3 rings (SSSR count). The summed E-state index contributed by atoms with van der Waals surface area (Å²) in [6.45, 7) is 5.74. The summed E-state index contributed by atoms with van der Waals surface area (Å²) in [5, 5.41) is 0.